The molecule has 3 aromatic carbocycles. The Labute approximate surface area is 166 Å². The molecule has 3 aromatic rings. The van der Waals surface area contributed by atoms with Crippen molar-refractivity contribution in [2.24, 2.45) is 0 Å². The summed E-state index contributed by atoms with van der Waals surface area (Å²) in [6.07, 6.45) is 0. The molecular formula is C23H28ClNO2. The van der Waals surface area contributed by atoms with E-state index in [1.807, 2.05) is 25.1 Å². The number of nitrogens with one attached hydrogen (secondary N) is 1. The van der Waals surface area contributed by atoms with E-state index < -0.39 is 5.54 Å². The minimum atomic E-state index is -0.738. The van der Waals surface area contributed by atoms with E-state index in [0.29, 0.717) is 6.54 Å². The highest BCUT2D eigenvalue weighted by molar-refractivity contribution is 6.41. The molecule has 0 amide bonds. The summed E-state index contributed by atoms with van der Waals surface area (Å²) in [7, 11) is 0. The van der Waals surface area contributed by atoms with Crippen LogP contribution in [0.25, 0.3) is 21.5 Å². The van der Waals surface area contributed by atoms with Gasteiger partial charge in [0.1, 0.15) is 0 Å². The van der Waals surface area contributed by atoms with Gasteiger partial charge >= 0.3 is 0 Å². The second-order valence-electron chi connectivity index (χ2n) is 8.58. The lowest BCUT2D eigenvalue weighted by Gasteiger charge is -2.27. The lowest BCUT2D eigenvalue weighted by Crippen LogP contribution is -2.48. The molecule has 0 radical (unpaired) electrons. The van der Waals surface area contributed by atoms with Gasteiger partial charge in [0.25, 0.3) is 0 Å². The average molecular weight is 386 g/mol. The van der Waals surface area contributed by atoms with Crippen LogP contribution in [-0.2, 0) is 12.0 Å². The number of aliphatic hydroxyl groups is 2. The Morgan fingerprint density at radius 3 is 2.04 bits per heavy atom. The van der Waals surface area contributed by atoms with Gasteiger partial charge in [0.2, 0.25) is 0 Å². The van der Waals surface area contributed by atoms with Gasteiger partial charge in [-0.15, -0.1) is 0 Å². The van der Waals surface area contributed by atoms with Gasteiger partial charge in [-0.1, -0.05) is 68.8 Å². The van der Waals surface area contributed by atoms with E-state index in [0.717, 1.165) is 32.1 Å². The lowest BCUT2D eigenvalue weighted by molar-refractivity contribution is 0.103. The van der Waals surface area contributed by atoms with Crippen molar-refractivity contribution in [3.63, 3.8) is 0 Å². The van der Waals surface area contributed by atoms with Crippen LogP contribution in [0.4, 0.5) is 0 Å². The van der Waals surface area contributed by atoms with Crippen molar-refractivity contribution >= 4 is 33.1 Å². The molecule has 0 saturated carbocycles. The second kappa shape index (κ2) is 7.40. The lowest BCUT2D eigenvalue weighted by atomic mass is 9.84. The Balaban J connectivity index is 2.24. The minimum absolute atomic E-state index is 0.0356. The molecule has 0 saturated heterocycles. The summed E-state index contributed by atoms with van der Waals surface area (Å²) in [5.74, 6) is 0. The molecule has 0 unspecified atom stereocenters. The first kappa shape index (κ1) is 20.1. The second-order valence-corrected chi connectivity index (χ2v) is 8.96. The molecule has 3 rings (SSSR count). The number of benzene rings is 3. The standard InChI is InChI=1S/C23H28ClNO2/c1-22(2,3)15-9-10-17-19(11-15)21(24)18-8-6-5-7-16(18)20(17)12-25-23(4,13-26)14-27/h5-11,25-27H,12-14H2,1-4H3. The van der Waals surface area contributed by atoms with E-state index in [-0.39, 0.29) is 18.6 Å². The summed E-state index contributed by atoms with van der Waals surface area (Å²) >= 11 is 6.81. The van der Waals surface area contributed by atoms with Crippen LogP contribution in [0, 0.1) is 0 Å². The van der Waals surface area contributed by atoms with Crippen LogP contribution in [0.5, 0.6) is 0 Å². The van der Waals surface area contributed by atoms with E-state index in [1.165, 1.54) is 5.56 Å². The van der Waals surface area contributed by atoms with Crippen LogP contribution in [0.15, 0.2) is 42.5 Å². The van der Waals surface area contributed by atoms with Crippen LogP contribution in [0.1, 0.15) is 38.8 Å². The van der Waals surface area contributed by atoms with Crippen LogP contribution >= 0.6 is 11.6 Å². The normalized spacial score (nSPS) is 12.9. The number of aliphatic hydroxyl groups excluding tert-OH is 2. The third-order valence-electron chi connectivity index (χ3n) is 5.33. The molecule has 0 spiro atoms. The maximum Gasteiger partial charge on any atom is 0.0633 e. The molecule has 0 atom stereocenters. The molecule has 0 aliphatic rings. The van der Waals surface area contributed by atoms with Gasteiger partial charge in [0, 0.05) is 17.3 Å². The molecule has 0 bridgehead atoms. The molecule has 3 nitrogen and oxygen atoms in total. The van der Waals surface area contributed by atoms with Gasteiger partial charge in [0.15, 0.2) is 0 Å². The topological polar surface area (TPSA) is 52.5 Å². The van der Waals surface area contributed by atoms with Gasteiger partial charge in [-0.25, -0.2) is 0 Å². The molecular weight excluding hydrogens is 358 g/mol. The molecule has 0 aliphatic carbocycles. The monoisotopic (exact) mass is 385 g/mol. The Hall–Kier alpha value is -1.65. The van der Waals surface area contributed by atoms with Gasteiger partial charge in [0.05, 0.1) is 23.8 Å². The quantitative estimate of drug-likeness (QED) is 0.554. The summed E-state index contributed by atoms with van der Waals surface area (Å²) in [5.41, 5.74) is 1.66. The van der Waals surface area contributed by atoms with E-state index >= 15 is 0 Å². The zero-order valence-electron chi connectivity index (χ0n) is 16.4. The van der Waals surface area contributed by atoms with Crippen molar-refractivity contribution in [1.82, 2.24) is 5.32 Å². The van der Waals surface area contributed by atoms with Crippen molar-refractivity contribution in [1.29, 1.82) is 0 Å². The Morgan fingerprint density at radius 2 is 1.44 bits per heavy atom. The maximum atomic E-state index is 9.62. The van der Waals surface area contributed by atoms with Crippen LogP contribution < -0.4 is 5.32 Å². The maximum absolute atomic E-state index is 9.62. The SMILES string of the molecule is CC(CO)(CO)NCc1c2ccccc2c(Cl)c2cc(C(C)(C)C)ccc12. The summed E-state index contributed by atoms with van der Waals surface area (Å²) in [6.45, 7) is 8.65. The molecule has 27 heavy (non-hydrogen) atoms. The fourth-order valence-corrected chi connectivity index (χ4v) is 3.66. The number of rotatable bonds is 5. The molecule has 144 valence electrons. The van der Waals surface area contributed by atoms with E-state index in [1.54, 1.807) is 0 Å². The van der Waals surface area contributed by atoms with Crippen molar-refractivity contribution in [2.75, 3.05) is 13.2 Å². The number of hydrogen-bond donors (Lipinski definition) is 3. The zero-order valence-corrected chi connectivity index (χ0v) is 17.2. The average Bonchev–Trinajstić information content (AvgIpc) is 2.66. The highest BCUT2D eigenvalue weighted by Crippen LogP contribution is 2.38. The Kier molecular flexibility index (Phi) is 5.51. The molecule has 0 aliphatic heterocycles. The van der Waals surface area contributed by atoms with Gasteiger partial charge < -0.3 is 15.5 Å². The largest absolute Gasteiger partial charge is 0.394 e. The third-order valence-corrected chi connectivity index (χ3v) is 5.73. The Bertz CT molecular complexity index is 971. The highest BCUT2D eigenvalue weighted by atomic mass is 35.5. The highest BCUT2D eigenvalue weighted by Gasteiger charge is 2.23. The first-order valence-electron chi connectivity index (χ1n) is 9.30. The van der Waals surface area contributed by atoms with Crippen molar-refractivity contribution < 1.29 is 10.2 Å². The van der Waals surface area contributed by atoms with E-state index in [2.05, 4.69) is 50.4 Å². The number of fused-ring (bicyclic) bond motifs is 2. The predicted octanol–water partition coefficient (Wildman–Crippen LogP) is 4.78. The smallest absolute Gasteiger partial charge is 0.0633 e. The van der Waals surface area contributed by atoms with Gasteiger partial charge in [-0.05, 0) is 40.3 Å². The third kappa shape index (κ3) is 3.83. The van der Waals surface area contributed by atoms with Crippen molar-refractivity contribution in [3.05, 3.63) is 58.6 Å². The fourth-order valence-electron chi connectivity index (χ4n) is 3.34. The van der Waals surface area contributed by atoms with Gasteiger partial charge in [-0.2, -0.15) is 0 Å². The van der Waals surface area contributed by atoms with Crippen molar-refractivity contribution in [3.8, 4) is 0 Å². The number of halogens is 1. The fraction of sp³-hybridized carbons (Fsp3) is 0.391. The summed E-state index contributed by atoms with van der Waals surface area (Å²) in [4.78, 5) is 0. The minimum Gasteiger partial charge on any atom is -0.394 e. The predicted molar refractivity (Wildman–Crippen MR) is 115 cm³/mol. The van der Waals surface area contributed by atoms with Crippen LogP contribution in [0.3, 0.4) is 0 Å². The first-order chi connectivity index (χ1) is 12.7. The van der Waals surface area contributed by atoms with E-state index in [9.17, 15) is 10.2 Å². The summed E-state index contributed by atoms with van der Waals surface area (Å²) in [6, 6.07) is 14.6. The molecule has 0 heterocycles. The summed E-state index contributed by atoms with van der Waals surface area (Å²) < 4.78 is 0. The zero-order chi connectivity index (χ0) is 19.8. The van der Waals surface area contributed by atoms with Gasteiger partial charge in [-0.3, -0.25) is 0 Å². The number of hydrogen-bond acceptors (Lipinski definition) is 3. The van der Waals surface area contributed by atoms with Crippen molar-refractivity contribution in [2.45, 2.75) is 45.2 Å². The van der Waals surface area contributed by atoms with Crippen LogP contribution in [-0.4, -0.2) is 29.0 Å². The molecule has 4 heteroatoms. The van der Waals surface area contributed by atoms with Crippen LogP contribution in [0.2, 0.25) is 5.02 Å². The van der Waals surface area contributed by atoms with E-state index in [4.69, 9.17) is 11.6 Å². The first-order valence-corrected chi connectivity index (χ1v) is 9.68. The molecule has 0 fully saturated rings. The molecule has 0 aromatic heterocycles. The molecule has 3 N–H and O–H groups in total. The Morgan fingerprint density at radius 1 is 0.852 bits per heavy atom. The summed E-state index contributed by atoms with van der Waals surface area (Å²) in [5, 5.41) is 27.6.